The van der Waals surface area contributed by atoms with E-state index in [-0.39, 0.29) is 12.4 Å². The first-order valence-electron chi connectivity index (χ1n) is 11.2. The van der Waals surface area contributed by atoms with E-state index in [9.17, 15) is 5.11 Å². The molecule has 0 aliphatic rings. The summed E-state index contributed by atoms with van der Waals surface area (Å²) in [7, 11) is 0. The second-order valence-electron chi connectivity index (χ2n) is 7.85. The van der Waals surface area contributed by atoms with E-state index < -0.39 is 0 Å². The van der Waals surface area contributed by atoms with Crippen molar-refractivity contribution in [1.29, 1.82) is 0 Å². The summed E-state index contributed by atoms with van der Waals surface area (Å²) in [4.78, 5) is 0. The first kappa shape index (κ1) is 27.4. The molecule has 0 aliphatic heterocycles. The Kier molecular flexibility index (Phi) is 22.5. The van der Waals surface area contributed by atoms with Gasteiger partial charge in [0.05, 0.1) is 26.2 Å². The highest BCUT2D eigenvalue weighted by molar-refractivity contribution is 4.53. The lowest BCUT2D eigenvalue weighted by atomic mass is 10.1. The Labute approximate surface area is 165 Å². The van der Waals surface area contributed by atoms with Crippen molar-refractivity contribution in [3.05, 3.63) is 0 Å². The third-order valence-electron chi connectivity index (χ3n) is 5.50. The van der Waals surface area contributed by atoms with Gasteiger partial charge in [0.25, 0.3) is 0 Å². The number of unbranched alkanes of at least 4 members (excludes halogenated alkanes) is 10. The van der Waals surface area contributed by atoms with Crippen LogP contribution >= 0.6 is 0 Å². The van der Waals surface area contributed by atoms with Crippen LogP contribution in [0.5, 0.6) is 0 Å². The molecule has 0 aromatic rings. The van der Waals surface area contributed by atoms with Crippen molar-refractivity contribution in [1.82, 2.24) is 0 Å². The Morgan fingerprint density at radius 3 is 1.08 bits per heavy atom. The van der Waals surface area contributed by atoms with Crippen molar-refractivity contribution < 1.29 is 22.0 Å². The monoisotopic (exact) mass is 377 g/mol. The molecule has 25 heavy (non-hydrogen) atoms. The number of halogens is 1. The Morgan fingerprint density at radius 1 is 0.480 bits per heavy atom. The van der Waals surface area contributed by atoms with Gasteiger partial charge in [-0.15, -0.1) is 0 Å². The molecule has 0 spiro atoms. The molecule has 0 bridgehead atoms. The fourth-order valence-electron chi connectivity index (χ4n) is 3.85. The molecule has 1 N–H and O–H groups in total. The van der Waals surface area contributed by atoms with E-state index in [0.29, 0.717) is 6.61 Å². The molecule has 0 rings (SSSR count). The van der Waals surface area contributed by atoms with Crippen molar-refractivity contribution in [3.8, 4) is 0 Å². The Bertz CT molecular complexity index is 217. The largest absolute Gasteiger partial charge is 1.00 e. The first-order valence-corrected chi connectivity index (χ1v) is 11.2. The SMILES string of the molecule is CCCCCC[N+](CCCCO)(CCCCCC)CCCCCC.[Cl-]. The summed E-state index contributed by atoms with van der Waals surface area (Å²) >= 11 is 0. The van der Waals surface area contributed by atoms with Crippen LogP contribution < -0.4 is 12.4 Å². The molecular weight excluding hydrogens is 330 g/mol. The average Bonchev–Trinajstić information content (AvgIpc) is 2.60. The normalized spacial score (nSPS) is 11.5. The van der Waals surface area contributed by atoms with E-state index in [1.54, 1.807) is 0 Å². The van der Waals surface area contributed by atoms with Crippen LogP contribution in [0.1, 0.15) is 111 Å². The molecule has 154 valence electrons. The average molecular weight is 378 g/mol. The predicted octanol–water partition coefficient (Wildman–Crippen LogP) is 3.32. The maximum Gasteiger partial charge on any atom is 0.0787 e. The molecule has 0 aromatic carbocycles. The Morgan fingerprint density at radius 2 is 0.800 bits per heavy atom. The molecule has 2 nitrogen and oxygen atoms in total. The highest BCUT2D eigenvalue weighted by atomic mass is 35.5. The molecule has 0 radical (unpaired) electrons. The second kappa shape index (κ2) is 20.5. The molecule has 0 amide bonds. The minimum absolute atomic E-state index is 0. The van der Waals surface area contributed by atoms with Crippen LogP contribution in [-0.2, 0) is 0 Å². The number of aliphatic hydroxyl groups is 1. The van der Waals surface area contributed by atoms with Gasteiger partial charge in [-0.3, -0.25) is 0 Å². The summed E-state index contributed by atoms with van der Waals surface area (Å²) in [5, 5.41) is 9.19. The number of hydrogen-bond donors (Lipinski definition) is 1. The van der Waals surface area contributed by atoms with E-state index in [4.69, 9.17) is 0 Å². The van der Waals surface area contributed by atoms with Crippen molar-refractivity contribution in [2.75, 3.05) is 32.8 Å². The zero-order valence-electron chi connectivity index (χ0n) is 17.7. The third-order valence-corrected chi connectivity index (χ3v) is 5.50. The number of rotatable bonds is 19. The lowest BCUT2D eigenvalue weighted by molar-refractivity contribution is -0.929. The van der Waals surface area contributed by atoms with Crippen molar-refractivity contribution in [3.63, 3.8) is 0 Å². The molecule has 0 heterocycles. The lowest BCUT2D eigenvalue weighted by Crippen LogP contribution is -3.00. The zero-order chi connectivity index (χ0) is 17.9. The highest BCUT2D eigenvalue weighted by Crippen LogP contribution is 2.18. The fraction of sp³-hybridized carbons (Fsp3) is 1.00. The topological polar surface area (TPSA) is 20.2 Å². The Hall–Kier alpha value is 0.210. The lowest BCUT2D eigenvalue weighted by Gasteiger charge is -2.39. The van der Waals surface area contributed by atoms with E-state index in [0.717, 1.165) is 6.42 Å². The summed E-state index contributed by atoms with van der Waals surface area (Å²) in [6.45, 7) is 12.7. The molecule has 0 aliphatic carbocycles. The number of quaternary nitrogens is 1. The van der Waals surface area contributed by atoms with Crippen molar-refractivity contribution in [2.45, 2.75) is 111 Å². The number of nitrogens with zero attached hydrogens (tertiary/aromatic N) is 1. The molecule has 0 saturated heterocycles. The zero-order valence-corrected chi connectivity index (χ0v) is 18.5. The van der Waals surface area contributed by atoms with E-state index in [1.165, 1.54) is 114 Å². The summed E-state index contributed by atoms with van der Waals surface area (Å²) in [5.41, 5.74) is 0. The Balaban J connectivity index is 0. The second-order valence-corrected chi connectivity index (χ2v) is 7.85. The van der Waals surface area contributed by atoms with E-state index >= 15 is 0 Å². The maximum absolute atomic E-state index is 9.19. The standard InChI is InChI=1S/C22H48NO.ClH/c1-4-7-10-13-18-23(21-16-17-22-24,19-14-11-8-5-2)20-15-12-9-6-3;/h24H,4-22H2,1-3H3;1H/q+1;/p-1. The molecule has 0 aromatic heterocycles. The van der Waals surface area contributed by atoms with Gasteiger partial charge in [0.2, 0.25) is 0 Å². The molecule has 0 unspecified atom stereocenters. The molecule has 0 saturated carbocycles. The van der Waals surface area contributed by atoms with Crippen LogP contribution in [0.3, 0.4) is 0 Å². The van der Waals surface area contributed by atoms with Gasteiger partial charge >= 0.3 is 0 Å². The van der Waals surface area contributed by atoms with Gasteiger partial charge in [0.15, 0.2) is 0 Å². The van der Waals surface area contributed by atoms with Crippen LogP contribution in [0.25, 0.3) is 0 Å². The van der Waals surface area contributed by atoms with Gasteiger partial charge < -0.3 is 22.0 Å². The smallest absolute Gasteiger partial charge is 0.0787 e. The van der Waals surface area contributed by atoms with Gasteiger partial charge in [-0.05, 0) is 51.4 Å². The van der Waals surface area contributed by atoms with Crippen LogP contribution in [0.2, 0.25) is 0 Å². The first-order chi connectivity index (χ1) is 11.7. The maximum atomic E-state index is 9.19. The number of hydrogen-bond acceptors (Lipinski definition) is 1. The predicted molar refractivity (Wildman–Crippen MR) is 108 cm³/mol. The quantitative estimate of drug-likeness (QED) is 0.270. The molecule has 0 fully saturated rings. The van der Waals surface area contributed by atoms with Crippen LogP contribution in [0, 0.1) is 0 Å². The van der Waals surface area contributed by atoms with Gasteiger partial charge in [-0.2, -0.15) is 0 Å². The molecule has 3 heteroatoms. The minimum atomic E-state index is 0. The van der Waals surface area contributed by atoms with Crippen LogP contribution in [-0.4, -0.2) is 42.4 Å². The summed E-state index contributed by atoms with van der Waals surface area (Å²) in [6, 6.07) is 0. The van der Waals surface area contributed by atoms with Gasteiger partial charge in [0.1, 0.15) is 0 Å². The van der Waals surface area contributed by atoms with Gasteiger partial charge in [-0.25, -0.2) is 0 Å². The highest BCUT2D eigenvalue weighted by Gasteiger charge is 2.25. The summed E-state index contributed by atoms with van der Waals surface area (Å²) in [5.74, 6) is 0. The van der Waals surface area contributed by atoms with E-state index in [1.807, 2.05) is 0 Å². The van der Waals surface area contributed by atoms with E-state index in [2.05, 4.69) is 20.8 Å². The minimum Gasteiger partial charge on any atom is -1.00 e. The van der Waals surface area contributed by atoms with Crippen molar-refractivity contribution in [2.24, 2.45) is 0 Å². The van der Waals surface area contributed by atoms with Gasteiger partial charge in [-0.1, -0.05) is 59.3 Å². The van der Waals surface area contributed by atoms with Gasteiger partial charge in [0, 0.05) is 6.61 Å². The van der Waals surface area contributed by atoms with Crippen LogP contribution in [0.15, 0.2) is 0 Å². The molecule has 0 atom stereocenters. The fourth-order valence-corrected chi connectivity index (χ4v) is 3.85. The van der Waals surface area contributed by atoms with Crippen LogP contribution in [0.4, 0.5) is 0 Å². The number of aliphatic hydroxyl groups excluding tert-OH is 1. The summed E-state index contributed by atoms with van der Waals surface area (Å²) < 4.78 is 1.34. The molecular formula is C22H48ClNO. The van der Waals surface area contributed by atoms with Crippen molar-refractivity contribution >= 4 is 0 Å². The third kappa shape index (κ3) is 16.1. The summed E-state index contributed by atoms with van der Waals surface area (Å²) in [6.07, 6.45) is 18.8.